The first-order valence-electron chi connectivity index (χ1n) is 11.9. The molecule has 0 spiro atoms. The molecule has 0 atom stereocenters. The number of morpholine rings is 1. The van der Waals surface area contributed by atoms with Crippen LogP contribution in [0.15, 0.2) is 48.7 Å². The average Bonchev–Trinajstić information content (AvgIpc) is 3.62. The number of aryl methyl sites for hydroxylation is 1. The van der Waals surface area contributed by atoms with Crippen LogP contribution in [0, 0.1) is 5.82 Å². The lowest BCUT2D eigenvalue weighted by Gasteiger charge is -2.26. The maximum Gasteiger partial charge on any atom is 0.132 e. The number of ether oxygens (including phenoxy) is 1. The van der Waals surface area contributed by atoms with E-state index in [-0.39, 0.29) is 5.82 Å². The average molecular weight is 486 g/mol. The third-order valence-electron chi connectivity index (χ3n) is 7.11. The van der Waals surface area contributed by atoms with E-state index in [4.69, 9.17) is 4.74 Å². The number of rotatable bonds is 4. The lowest BCUT2D eigenvalue weighted by molar-refractivity contribution is 0.0341. The van der Waals surface area contributed by atoms with E-state index in [1.54, 1.807) is 17.4 Å². The van der Waals surface area contributed by atoms with Crippen molar-refractivity contribution in [3.63, 3.8) is 0 Å². The SMILES string of the molecule is Cn1ncc2ccc(-c3n[nH]c4c3Cc3sc(-c5ccc(CN6CCOCC6)cc5F)cc3-4)cc21. The van der Waals surface area contributed by atoms with Gasteiger partial charge in [-0.25, -0.2) is 4.39 Å². The van der Waals surface area contributed by atoms with E-state index in [1.165, 1.54) is 10.4 Å². The van der Waals surface area contributed by atoms with Gasteiger partial charge in [0.2, 0.25) is 0 Å². The Morgan fingerprint density at radius 3 is 2.83 bits per heavy atom. The topological polar surface area (TPSA) is 59.0 Å². The van der Waals surface area contributed by atoms with Gasteiger partial charge in [0, 0.05) is 70.5 Å². The molecule has 0 radical (unpaired) electrons. The highest BCUT2D eigenvalue weighted by atomic mass is 32.1. The van der Waals surface area contributed by atoms with Crippen LogP contribution < -0.4 is 0 Å². The van der Waals surface area contributed by atoms with Gasteiger partial charge >= 0.3 is 0 Å². The summed E-state index contributed by atoms with van der Waals surface area (Å²) in [5.74, 6) is -0.161. The predicted octanol–water partition coefficient (Wildman–Crippen LogP) is 5.23. The van der Waals surface area contributed by atoms with Crippen molar-refractivity contribution >= 4 is 22.2 Å². The predicted molar refractivity (Wildman–Crippen MR) is 136 cm³/mol. The Morgan fingerprint density at radius 1 is 1.09 bits per heavy atom. The van der Waals surface area contributed by atoms with E-state index >= 15 is 4.39 Å². The molecule has 8 heteroatoms. The number of nitrogens with one attached hydrogen (secondary N) is 1. The smallest absolute Gasteiger partial charge is 0.132 e. The van der Waals surface area contributed by atoms with Crippen molar-refractivity contribution in [1.82, 2.24) is 24.9 Å². The maximum atomic E-state index is 15.1. The molecule has 0 saturated carbocycles. The van der Waals surface area contributed by atoms with Crippen molar-refractivity contribution in [1.29, 1.82) is 0 Å². The molecule has 5 aromatic rings. The monoisotopic (exact) mass is 485 g/mol. The fourth-order valence-corrected chi connectivity index (χ4v) is 6.43. The maximum absolute atomic E-state index is 15.1. The van der Waals surface area contributed by atoms with Gasteiger partial charge in [-0.15, -0.1) is 11.3 Å². The zero-order chi connectivity index (χ0) is 23.5. The second-order valence-corrected chi connectivity index (χ2v) is 10.4. The summed E-state index contributed by atoms with van der Waals surface area (Å²) in [5, 5.41) is 13.4. The standard InChI is InChI=1S/C27H24FN5OS/c1-32-23-11-17(3-4-18(23)14-29-32)26-21-13-25-20(27(21)31-30-26)12-24(35-25)19-5-2-16(10-22(19)28)15-33-6-8-34-9-7-33/h2-5,10-12,14H,6-9,13,15H2,1H3,(H,30,31). The number of nitrogens with zero attached hydrogens (tertiary/aromatic N) is 4. The summed E-state index contributed by atoms with van der Waals surface area (Å²) in [5.41, 5.74) is 8.20. The van der Waals surface area contributed by atoms with Crippen LogP contribution in [0.3, 0.4) is 0 Å². The summed E-state index contributed by atoms with van der Waals surface area (Å²) < 4.78 is 22.4. The second kappa shape index (κ2) is 8.12. The Morgan fingerprint density at radius 2 is 1.97 bits per heavy atom. The summed E-state index contributed by atoms with van der Waals surface area (Å²) in [6.07, 6.45) is 2.68. The number of thiophene rings is 1. The third-order valence-corrected chi connectivity index (χ3v) is 8.28. The minimum atomic E-state index is -0.161. The zero-order valence-electron chi connectivity index (χ0n) is 19.3. The number of aromatic amines is 1. The molecule has 176 valence electrons. The van der Waals surface area contributed by atoms with E-state index < -0.39 is 0 Å². The van der Waals surface area contributed by atoms with E-state index in [2.05, 4.69) is 44.5 Å². The number of halogens is 1. The third kappa shape index (κ3) is 3.52. The molecule has 1 N–H and O–H groups in total. The first-order chi connectivity index (χ1) is 17.1. The number of aromatic nitrogens is 4. The lowest BCUT2D eigenvalue weighted by Crippen LogP contribution is -2.35. The van der Waals surface area contributed by atoms with Crippen molar-refractivity contribution in [3.05, 3.63) is 70.5 Å². The molecule has 3 aromatic heterocycles. The molecule has 7 rings (SSSR count). The van der Waals surface area contributed by atoms with Crippen LogP contribution in [0.25, 0.3) is 43.9 Å². The molecular formula is C27H24FN5OS. The Labute approximate surface area is 206 Å². The molecule has 0 amide bonds. The summed E-state index contributed by atoms with van der Waals surface area (Å²) in [4.78, 5) is 4.52. The lowest BCUT2D eigenvalue weighted by atomic mass is 10.0. The number of hydrogen-bond acceptors (Lipinski definition) is 5. The van der Waals surface area contributed by atoms with E-state index in [0.717, 1.165) is 83.1 Å². The number of benzene rings is 2. The van der Waals surface area contributed by atoms with Crippen LogP contribution in [-0.4, -0.2) is 51.2 Å². The van der Waals surface area contributed by atoms with Crippen LogP contribution >= 0.6 is 11.3 Å². The molecule has 0 bridgehead atoms. The molecule has 1 fully saturated rings. The van der Waals surface area contributed by atoms with E-state index in [1.807, 2.05) is 30.1 Å². The van der Waals surface area contributed by atoms with Crippen molar-refractivity contribution in [2.75, 3.05) is 26.3 Å². The largest absolute Gasteiger partial charge is 0.379 e. The van der Waals surface area contributed by atoms with E-state index in [9.17, 15) is 0 Å². The van der Waals surface area contributed by atoms with Gasteiger partial charge < -0.3 is 4.74 Å². The molecule has 6 nitrogen and oxygen atoms in total. The van der Waals surface area contributed by atoms with Gasteiger partial charge in [0.05, 0.1) is 36.3 Å². The highest BCUT2D eigenvalue weighted by molar-refractivity contribution is 7.16. The minimum absolute atomic E-state index is 0.161. The molecule has 0 unspecified atom stereocenters. The molecule has 2 aliphatic rings. The Kier molecular flexibility index (Phi) is 4.87. The quantitative estimate of drug-likeness (QED) is 0.371. The van der Waals surface area contributed by atoms with Crippen molar-refractivity contribution in [3.8, 4) is 33.0 Å². The fraction of sp³-hybridized carbons (Fsp3) is 0.259. The Balaban J connectivity index is 1.17. The summed E-state index contributed by atoms with van der Waals surface area (Å²) in [6, 6.07) is 14.1. The molecular weight excluding hydrogens is 461 g/mol. The Bertz CT molecular complexity index is 1580. The van der Waals surface area contributed by atoms with Crippen LogP contribution in [-0.2, 0) is 24.8 Å². The molecule has 1 aliphatic heterocycles. The first kappa shape index (κ1) is 21.0. The van der Waals surface area contributed by atoms with Crippen molar-refractivity contribution in [2.45, 2.75) is 13.0 Å². The first-order valence-corrected chi connectivity index (χ1v) is 12.7. The number of fused-ring (bicyclic) bond motifs is 4. The van der Waals surface area contributed by atoms with Gasteiger partial charge in [-0.1, -0.05) is 24.3 Å². The van der Waals surface area contributed by atoms with Crippen LogP contribution in [0.5, 0.6) is 0 Å². The molecule has 1 saturated heterocycles. The fourth-order valence-electron chi connectivity index (χ4n) is 5.23. The van der Waals surface area contributed by atoms with Crippen molar-refractivity contribution in [2.24, 2.45) is 7.05 Å². The Hall–Kier alpha value is -3.33. The number of hydrogen-bond donors (Lipinski definition) is 1. The normalized spacial score (nSPS) is 15.6. The van der Waals surface area contributed by atoms with Crippen molar-refractivity contribution < 1.29 is 9.13 Å². The molecule has 4 heterocycles. The van der Waals surface area contributed by atoms with Crippen LogP contribution in [0.2, 0.25) is 0 Å². The van der Waals surface area contributed by atoms with E-state index in [0.29, 0.717) is 5.56 Å². The molecule has 35 heavy (non-hydrogen) atoms. The number of H-pyrrole nitrogens is 1. The van der Waals surface area contributed by atoms with Gasteiger partial charge in [0.1, 0.15) is 5.82 Å². The van der Waals surface area contributed by atoms with Gasteiger partial charge in [0.15, 0.2) is 0 Å². The van der Waals surface area contributed by atoms with Gasteiger partial charge in [-0.2, -0.15) is 10.2 Å². The highest BCUT2D eigenvalue weighted by Crippen LogP contribution is 2.47. The summed E-state index contributed by atoms with van der Waals surface area (Å²) in [6.45, 7) is 4.04. The van der Waals surface area contributed by atoms with Crippen LogP contribution in [0.4, 0.5) is 4.39 Å². The zero-order valence-corrected chi connectivity index (χ0v) is 20.2. The highest BCUT2D eigenvalue weighted by Gasteiger charge is 2.28. The second-order valence-electron chi connectivity index (χ2n) is 9.29. The molecule has 2 aromatic carbocycles. The summed E-state index contributed by atoms with van der Waals surface area (Å²) in [7, 11) is 1.95. The van der Waals surface area contributed by atoms with Gasteiger partial charge in [0.25, 0.3) is 0 Å². The van der Waals surface area contributed by atoms with Crippen LogP contribution in [0.1, 0.15) is 16.0 Å². The minimum Gasteiger partial charge on any atom is -0.379 e. The molecule has 1 aliphatic carbocycles. The van der Waals surface area contributed by atoms with Gasteiger partial charge in [-0.05, 0) is 23.8 Å². The summed E-state index contributed by atoms with van der Waals surface area (Å²) >= 11 is 1.67. The van der Waals surface area contributed by atoms with Gasteiger partial charge in [-0.3, -0.25) is 14.7 Å².